The Morgan fingerprint density at radius 2 is 1.90 bits per heavy atom. The minimum atomic E-state index is -0.805. The van der Waals surface area contributed by atoms with Gasteiger partial charge in [-0.2, -0.15) is 0 Å². The molecule has 0 amide bonds. The van der Waals surface area contributed by atoms with Crippen molar-refractivity contribution in [3.63, 3.8) is 0 Å². The fraction of sp³-hybridized carbons (Fsp3) is 0.300. The Labute approximate surface area is 165 Å². The first-order valence-electron chi connectivity index (χ1n) is 9.04. The van der Waals surface area contributed by atoms with E-state index in [4.69, 9.17) is 14.2 Å². The number of aromatic nitrogens is 2. The first-order valence-corrected chi connectivity index (χ1v) is 9.04. The molecule has 1 aromatic heterocycles. The van der Waals surface area contributed by atoms with E-state index in [1.54, 1.807) is 49.4 Å². The number of esters is 2. The summed E-state index contributed by atoms with van der Waals surface area (Å²) in [4.78, 5) is 49.9. The normalized spacial score (nSPS) is 17.8. The van der Waals surface area contributed by atoms with Crippen molar-refractivity contribution in [3.05, 3.63) is 80.6 Å². The molecule has 9 heteroatoms. The third-order valence-electron chi connectivity index (χ3n) is 4.15. The zero-order chi connectivity index (χ0) is 20.8. The predicted octanol–water partition coefficient (Wildman–Crippen LogP) is 0.953. The van der Waals surface area contributed by atoms with E-state index in [2.05, 4.69) is 4.98 Å². The summed E-state index contributed by atoms with van der Waals surface area (Å²) in [5.74, 6) is -1.05. The molecule has 0 radical (unpaired) electrons. The Bertz CT molecular complexity index is 1020. The smallest absolute Gasteiger partial charge is 0.338 e. The predicted molar refractivity (Wildman–Crippen MR) is 101 cm³/mol. The molecule has 1 aliphatic heterocycles. The van der Waals surface area contributed by atoms with Crippen LogP contribution in [0.15, 0.2) is 58.3 Å². The maximum absolute atomic E-state index is 12.1. The van der Waals surface area contributed by atoms with E-state index in [-0.39, 0.29) is 25.2 Å². The van der Waals surface area contributed by atoms with E-state index in [1.807, 2.05) is 0 Å². The third-order valence-corrected chi connectivity index (χ3v) is 4.15. The monoisotopic (exact) mass is 400 g/mol. The lowest BCUT2D eigenvalue weighted by Crippen LogP contribution is -2.35. The number of ether oxygens (including phenoxy) is 3. The van der Waals surface area contributed by atoms with Crippen LogP contribution in [0.4, 0.5) is 0 Å². The van der Waals surface area contributed by atoms with Gasteiger partial charge in [-0.25, -0.2) is 9.59 Å². The van der Waals surface area contributed by atoms with Crippen molar-refractivity contribution in [2.45, 2.75) is 25.7 Å². The molecule has 29 heavy (non-hydrogen) atoms. The summed E-state index contributed by atoms with van der Waals surface area (Å²) in [5, 5.41) is 0. The number of hydrogen-bond acceptors (Lipinski definition) is 7. The number of rotatable bonds is 7. The molecule has 2 heterocycles. The van der Waals surface area contributed by atoms with Crippen LogP contribution in [0.2, 0.25) is 0 Å². The maximum atomic E-state index is 12.1. The average molecular weight is 400 g/mol. The van der Waals surface area contributed by atoms with Gasteiger partial charge in [0.05, 0.1) is 18.6 Å². The molecule has 0 saturated carbocycles. The molecule has 0 spiro atoms. The van der Waals surface area contributed by atoms with Crippen LogP contribution in [-0.4, -0.2) is 40.8 Å². The van der Waals surface area contributed by atoms with Crippen molar-refractivity contribution in [3.8, 4) is 0 Å². The first kappa shape index (κ1) is 20.3. The van der Waals surface area contributed by atoms with Gasteiger partial charge in [0.15, 0.2) is 6.23 Å². The van der Waals surface area contributed by atoms with Gasteiger partial charge in [-0.15, -0.1) is 0 Å². The highest BCUT2D eigenvalue weighted by Crippen LogP contribution is 2.20. The van der Waals surface area contributed by atoms with Crippen molar-refractivity contribution in [2.24, 2.45) is 0 Å². The van der Waals surface area contributed by atoms with E-state index in [1.165, 1.54) is 6.20 Å². The number of benzene rings is 1. The average Bonchev–Trinajstić information content (AvgIpc) is 3.18. The van der Waals surface area contributed by atoms with Crippen molar-refractivity contribution in [2.75, 3.05) is 13.2 Å². The molecule has 1 aliphatic rings. The molecule has 0 bridgehead atoms. The van der Waals surface area contributed by atoms with E-state index in [0.29, 0.717) is 5.56 Å². The highest BCUT2D eigenvalue weighted by atomic mass is 16.6. The number of nitrogens with one attached hydrogen (secondary N) is 1. The fourth-order valence-corrected chi connectivity index (χ4v) is 2.77. The van der Waals surface area contributed by atoms with Gasteiger partial charge in [-0.3, -0.25) is 19.1 Å². The number of H-pyrrole nitrogens is 1. The third kappa shape index (κ3) is 5.08. The van der Waals surface area contributed by atoms with Crippen molar-refractivity contribution < 1.29 is 23.8 Å². The molecule has 2 atom stereocenters. The summed E-state index contributed by atoms with van der Waals surface area (Å²) < 4.78 is 16.9. The summed E-state index contributed by atoms with van der Waals surface area (Å²) in [6, 6.07) is 8.54. The topological polar surface area (TPSA) is 117 Å². The lowest BCUT2D eigenvalue weighted by molar-refractivity contribution is -0.142. The number of nitrogens with zero attached hydrogens (tertiary/aromatic N) is 1. The maximum Gasteiger partial charge on any atom is 0.338 e. The Morgan fingerprint density at radius 1 is 1.14 bits per heavy atom. The lowest BCUT2D eigenvalue weighted by atomic mass is 10.2. The molecule has 0 fully saturated rings. The second kappa shape index (κ2) is 9.16. The van der Waals surface area contributed by atoms with Gasteiger partial charge in [0.25, 0.3) is 5.56 Å². The van der Waals surface area contributed by atoms with Gasteiger partial charge in [-0.05, 0) is 25.1 Å². The Hall–Kier alpha value is -3.46. The Balaban J connectivity index is 1.64. The zero-order valence-electron chi connectivity index (χ0n) is 15.7. The zero-order valence-corrected chi connectivity index (χ0v) is 15.7. The number of aromatic amines is 1. The van der Waals surface area contributed by atoms with Gasteiger partial charge in [0.1, 0.15) is 12.7 Å². The number of carbonyl (C=O) groups excluding carboxylic acids is 2. The highest BCUT2D eigenvalue weighted by Gasteiger charge is 2.24. The van der Waals surface area contributed by atoms with Crippen LogP contribution in [0, 0.1) is 0 Å². The van der Waals surface area contributed by atoms with E-state index in [0.717, 1.165) is 4.57 Å². The molecule has 2 aromatic rings. The van der Waals surface area contributed by atoms with E-state index >= 15 is 0 Å². The second-order valence-corrected chi connectivity index (χ2v) is 6.22. The molecule has 9 nitrogen and oxygen atoms in total. The largest absolute Gasteiger partial charge is 0.466 e. The van der Waals surface area contributed by atoms with Crippen LogP contribution < -0.4 is 11.2 Å². The summed E-state index contributed by atoms with van der Waals surface area (Å²) in [5.41, 5.74) is -0.834. The molecule has 0 aliphatic carbocycles. The molecule has 152 valence electrons. The van der Waals surface area contributed by atoms with E-state index < -0.39 is 35.5 Å². The van der Waals surface area contributed by atoms with Crippen LogP contribution in [0.1, 0.15) is 29.1 Å². The number of carbonyl (C=O) groups is 2. The first-order chi connectivity index (χ1) is 14.0. The summed E-state index contributed by atoms with van der Waals surface area (Å²) in [6.45, 7) is 1.81. The van der Waals surface area contributed by atoms with Crippen LogP contribution in [0.25, 0.3) is 0 Å². The lowest BCUT2D eigenvalue weighted by Gasteiger charge is -2.17. The van der Waals surface area contributed by atoms with Gasteiger partial charge >= 0.3 is 17.6 Å². The standard InChI is InChI=1S/C20H20N2O7/c1-2-27-17(23)10-14-11-22(20(26)21-18(14)24)16-9-8-15(29-16)12-28-19(25)13-6-4-3-5-7-13/h3-9,11,15-16H,2,10,12H2,1H3,(H,21,24,26)/t15-,16+/m0/s1. The van der Waals surface area contributed by atoms with Crippen LogP contribution >= 0.6 is 0 Å². The van der Waals surface area contributed by atoms with Crippen LogP contribution in [0.3, 0.4) is 0 Å². The SMILES string of the molecule is CCOC(=O)Cc1cn([C@H]2C=C[C@@H](COC(=O)c3ccccc3)O2)c(=O)[nH]c1=O. The van der Waals surface area contributed by atoms with Crippen molar-refractivity contribution in [1.29, 1.82) is 0 Å². The number of hydrogen-bond donors (Lipinski definition) is 1. The Morgan fingerprint density at radius 3 is 2.62 bits per heavy atom. The van der Waals surface area contributed by atoms with Crippen LogP contribution in [0.5, 0.6) is 0 Å². The molecule has 0 unspecified atom stereocenters. The summed E-state index contributed by atoms with van der Waals surface area (Å²) >= 11 is 0. The minimum absolute atomic E-state index is 0.0332. The van der Waals surface area contributed by atoms with Crippen LogP contribution in [-0.2, 0) is 25.4 Å². The molecular weight excluding hydrogens is 380 g/mol. The van der Waals surface area contributed by atoms with Gasteiger partial charge < -0.3 is 14.2 Å². The summed E-state index contributed by atoms with van der Waals surface area (Å²) in [7, 11) is 0. The van der Waals surface area contributed by atoms with Gasteiger partial charge in [0.2, 0.25) is 0 Å². The molecule has 1 N–H and O–H groups in total. The highest BCUT2D eigenvalue weighted by molar-refractivity contribution is 5.89. The van der Waals surface area contributed by atoms with E-state index in [9.17, 15) is 19.2 Å². The molecular formula is C20H20N2O7. The van der Waals surface area contributed by atoms with Gasteiger partial charge in [0, 0.05) is 11.8 Å². The Kier molecular flexibility index (Phi) is 6.40. The molecule has 3 rings (SSSR count). The molecule has 0 saturated heterocycles. The minimum Gasteiger partial charge on any atom is -0.466 e. The summed E-state index contributed by atoms with van der Waals surface area (Å²) in [6.07, 6.45) is 2.91. The molecule has 1 aromatic carbocycles. The fourth-order valence-electron chi connectivity index (χ4n) is 2.77. The van der Waals surface area contributed by atoms with Crippen molar-refractivity contribution >= 4 is 11.9 Å². The second-order valence-electron chi connectivity index (χ2n) is 6.22. The quantitative estimate of drug-likeness (QED) is 0.543. The van der Waals surface area contributed by atoms with Gasteiger partial charge in [-0.1, -0.05) is 24.3 Å². The van der Waals surface area contributed by atoms with Crippen molar-refractivity contribution in [1.82, 2.24) is 9.55 Å².